The second kappa shape index (κ2) is 13.2. The minimum Gasteiger partial charge on any atom is -0.290 e. The molecule has 6 aromatic carbocycles. The highest BCUT2D eigenvalue weighted by atomic mass is 28.3. The molecule has 0 bridgehead atoms. The van der Waals surface area contributed by atoms with E-state index in [0.29, 0.717) is 0 Å². The molecule has 0 aliphatic heterocycles. The Morgan fingerprint density at radius 1 is 0.386 bits per heavy atom. The summed E-state index contributed by atoms with van der Waals surface area (Å²) in [5.74, 6) is 0. The number of benzene rings is 6. The maximum Gasteiger partial charge on any atom is 0.303 e. The molecule has 0 N–H and O–H groups in total. The Bertz CT molecular complexity index is 1570. The zero-order chi connectivity index (χ0) is 30.2. The smallest absolute Gasteiger partial charge is 0.290 e. The van der Waals surface area contributed by atoms with Crippen molar-refractivity contribution in [2.75, 3.05) is 0 Å². The molecule has 0 amide bonds. The molecule has 0 unspecified atom stereocenters. The Balaban J connectivity index is 1.68. The number of hydrogen-bond donors (Lipinski definition) is 0. The number of nitrogens with zero attached hydrogens (tertiary/aromatic N) is 3. The van der Waals surface area contributed by atoms with Crippen molar-refractivity contribution in [2.45, 2.75) is 19.9 Å². The Morgan fingerprint density at radius 2 is 0.636 bits per heavy atom. The third-order valence-corrected chi connectivity index (χ3v) is 17.0. The van der Waals surface area contributed by atoms with Crippen LogP contribution in [0.15, 0.2) is 192 Å². The van der Waals surface area contributed by atoms with Crippen LogP contribution in [-0.4, -0.2) is 27.2 Å². The normalized spacial score (nSPS) is 12.0. The van der Waals surface area contributed by atoms with Crippen molar-refractivity contribution < 1.29 is 0 Å². The van der Waals surface area contributed by atoms with Gasteiger partial charge in [0.25, 0.3) is 8.24 Å². The zero-order valence-electron chi connectivity index (χ0n) is 25.2. The predicted molar refractivity (Wildman–Crippen MR) is 190 cm³/mol. The third-order valence-electron chi connectivity index (χ3n) is 8.27. The molecule has 44 heavy (non-hydrogen) atoms. The van der Waals surface area contributed by atoms with Crippen LogP contribution in [0.25, 0.3) is 0 Å². The molecule has 216 valence electrons. The highest BCUT2D eigenvalue weighted by Gasteiger charge is 2.49. The average molecular weight is 604 g/mol. The largest absolute Gasteiger partial charge is 0.303 e. The fraction of sp³-hybridized carbons (Fsp3) is 0.0769. The molecule has 0 aliphatic rings. The molecule has 5 heteroatoms. The first-order chi connectivity index (χ1) is 21.7. The van der Waals surface area contributed by atoms with Crippen LogP contribution in [0.2, 0.25) is 0 Å². The monoisotopic (exact) mass is 603 g/mol. The highest BCUT2D eigenvalue weighted by Crippen LogP contribution is 2.20. The summed E-state index contributed by atoms with van der Waals surface area (Å²) in [6.07, 6.45) is 0. The lowest BCUT2D eigenvalue weighted by molar-refractivity contribution is 0.362. The lowest BCUT2D eigenvalue weighted by atomic mass is 10.3. The van der Waals surface area contributed by atoms with Crippen LogP contribution >= 0.6 is 0 Å². The molecule has 6 aromatic rings. The molecular weight excluding hydrogens is 567 g/mol. The number of hydrogen-bond acceptors (Lipinski definition) is 2. The maximum absolute atomic E-state index is 5.65. The van der Waals surface area contributed by atoms with Crippen LogP contribution < -0.4 is 31.1 Å². The zero-order valence-corrected chi connectivity index (χ0v) is 27.2. The topological polar surface area (TPSA) is 28.0 Å². The second-order valence-corrected chi connectivity index (χ2v) is 18.2. The van der Waals surface area contributed by atoms with Crippen molar-refractivity contribution in [2.24, 2.45) is 10.0 Å². The van der Waals surface area contributed by atoms with E-state index in [2.05, 4.69) is 201 Å². The Kier molecular flexibility index (Phi) is 8.77. The molecule has 0 saturated heterocycles. The van der Waals surface area contributed by atoms with E-state index in [1.165, 1.54) is 31.1 Å². The van der Waals surface area contributed by atoms with Crippen LogP contribution in [0.1, 0.15) is 13.8 Å². The minimum absolute atomic E-state index is 0.0695. The number of rotatable bonds is 10. The lowest BCUT2D eigenvalue weighted by Crippen LogP contribution is -2.77. The SMILES string of the molecule is CC(C)N(N=N[Si](c1ccccc1)(c1ccccc1)c1ccccc1)[Si](c1ccccc1)(c1ccccc1)c1ccccc1. The standard InChI is InChI=1S/C39H37N3Si2/c1-33(2)42(44(37-27-15-6-16-28-37,38-29-17-7-18-30-38)39-31-19-8-20-32-39)40-41-43(34-21-9-3-10-22-34,35-23-11-4-12-24-35)36-25-13-5-14-26-36/h3-33H,1-2H3. The van der Waals surface area contributed by atoms with Gasteiger partial charge in [-0.3, -0.25) is 4.67 Å². The second-order valence-electron chi connectivity index (χ2n) is 11.2. The molecule has 0 aromatic heterocycles. The van der Waals surface area contributed by atoms with Crippen molar-refractivity contribution in [1.82, 2.24) is 4.67 Å². The van der Waals surface area contributed by atoms with E-state index in [1.807, 2.05) is 0 Å². The molecule has 3 nitrogen and oxygen atoms in total. The quantitative estimate of drug-likeness (QED) is 0.0893. The molecule has 6 rings (SSSR count). The van der Waals surface area contributed by atoms with Crippen LogP contribution in [0.5, 0.6) is 0 Å². The van der Waals surface area contributed by atoms with Crippen molar-refractivity contribution >= 4 is 47.6 Å². The van der Waals surface area contributed by atoms with Crippen molar-refractivity contribution in [3.63, 3.8) is 0 Å². The van der Waals surface area contributed by atoms with Crippen molar-refractivity contribution in [1.29, 1.82) is 0 Å². The van der Waals surface area contributed by atoms with E-state index in [1.54, 1.807) is 0 Å². The van der Waals surface area contributed by atoms with E-state index in [9.17, 15) is 0 Å². The van der Waals surface area contributed by atoms with Crippen LogP contribution in [0.3, 0.4) is 0 Å². The summed E-state index contributed by atoms with van der Waals surface area (Å²) >= 11 is 0. The Hall–Kier alpha value is -4.85. The van der Waals surface area contributed by atoms with Crippen LogP contribution in [-0.2, 0) is 0 Å². The van der Waals surface area contributed by atoms with Gasteiger partial charge in [-0.15, -0.1) is 0 Å². The first kappa shape index (κ1) is 29.2. The Morgan fingerprint density at radius 3 is 0.886 bits per heavy atom. The minimum atomic E-state index is -2.98. The van der Waals surface area contributed by atoms with Gasteiger partial charge >= 0.3 is 8.24 Å². The van der Waals surface area contributed by atoms with E-state index in [0.717, 1.165) is 0 Å². The highest BCUT2D eigenvalue weighted by molar-refractivity contribution is 7.11. The van der Waals surface area contributed by atoms with Crippen LogP contribution in [0.4, 0.5) is 0 Å². The summed E-state index contributed by atoms with van der Waals surface area (Å²) < 4.78 is 8.02. The predicted octanol–water partition coefficient (Wildman–Crippen LogP) is 5.40. The molecule has 0 radical (unpaired) electrons. The van der Waals surface area contributed by atoms with Crippen LogP contribution in [0, 0.1) is 0 Å². The van der Waals surface area contributed by atoms with E-state index in [4.69, 9.17) is 10.0 Å². The van der Waals surface area contributed by atoms with Crippen molar-refractivity contribution in [3.05, 3.63) is 182 Å². The van der Waals surface area contributed by atoms with Gasteiger partial charge in [-0.25, -0.2) is 0 Å². The Labute approximate surface area is 263 Å². The molecule has 0 aliphatic carbocycles. The molecule has 0 atom stereocenters. The van der Waals surface area contributed by atoms with E-state index >= 15 is 0 Å². The molecule has 0 spiro atoms. The summed E-state index contributed by atoms with van der Waals surface area (Å²) in [5, 5.41) is 12.9. The fourth-order valence-corrected chi connectivity index (χ4v) is 14.8. The van der Waals surface area contributed by atoms with Gasteiger partial charge in [0.1, 0.15) is 0 Å². The van der Waals surface area contributed by atoms with Gasteiger partial charge in [-0.05, 0) is 45.0 Å². The van der Waals surface area contributed by atoms with Gasteiger partial charge in [0.2, 0.25) is 0 Å². The van der Waals surface area contributed by atoms with Gasteiger partial charge in [-0.1, -0.05) is 187 Å². The average Bonchev–Trinajstić information content (AvgIpc) is 3.10. The van der Waals surface area contributed by atoms with Gasteiger partial charge in [-0.2, -0.15) is 4.78 Å². The summed E-state index contributed by atoms with van der Waals surface area (Å²) in [4.78, 5) is 0. The summed E-state index contributed by atoms with van der Waals surface area (Å²) in [7, 11) is -5.90. The van der Waals surface area contributed by atoms with Gasteiger partial charge in [0.15, 0.2) is 0 Å². The third kappa shape index (κ3) is 5.36. The van der Waals surface area contributed by atoms with Gasteiger partial charge < -0.3 is 0 Å². The summed E-state index contributed by atoms with van der Waals surface area (Å²) in [5.41, 5.74) is 0. The fourth-order valence-electron chi connectivity index (χ4n) is 6.32. The van der Waals surface area contributed by atoms with Crippen molar-refractivity contribution in [3.8, 4) is 0 Å². The van der Waals surface area contributed by atoms with Gasteiger partial charge in [0.05, 0.1) is 0 Å². The first-order valence-corrected chi connectivity index (χ1v) is 19.1. The molecular formula is C39H37N3Si2. The molecule has 0 saturated carbocycles. The molecule has 0 heterocycles. The maximum atomic E-state index is 5.65. The molecule has 0 fully saturated rings. The first-order valence-electron chi connectivity index (χ1n) is 15.2. The lowest BCUT2D eigenvalue weighted by Gasteiger charge is -2.43. The van der Waals surface area contributed by atoms with E-state index < -0.39 is 16.5 Å². The van der Waals surface area contributed by atoms with E-state index in [-0.39, 0.29) is 6.04 Å². The van der Waals surface area contributed by atoms with Gasteiger partial charge in [0, 0.05) is 6.04 Å². The summed E-state index contributed by atoms with van der Waals surface area (Å²) in [6, 6.07) is 65.2. The summed E-state index contributed by atoms with van der Waals surface area (Å²) in [6.45, 7) is 4.48.